The highest BCUT2D eigenvalue weighted by molar-refractivity contribution is 6.51. The van der Waals surface area contributed by atoms with Gasteiger partial charge < -0.3 is 14.6 Å². The molecule has 1 N–H and O–H groups in total. The minimum atomic E-state index is -0.862. The lowest BCUT2D eigenvalue weighted by atomic mass is 9.95. The van der Waals surface area contributed by atoms with Crippen LogP contribution in [0.3, 0.4) is 0 Å². The number of ketones is 1. The van der Waals surface area contributed by atoms with Gasteiger partial charge in [0.25, 0.3) is 11.7 Å². The molecule has 0 bridgehead atoms. The van der Waals surface area contributed by atoms with Crippen molar-refractivity contribution in [2.24, 2.45) is 5.92 Å². The highest BCUT2D eigenvalue weighted by Gasteiger charge is 2.47. The molecule has 7 heteroatoms. The predicted molar refractivity (Wildman–Crippen MR) is 141 cm³/mol. The topological polar surface area (TPSA) is 76.1 Å². The molecule has 3 aromatic carbocycles. The molecule has 1 aliphatic heterocycles. The Hall–Kier alpha value is -3.77. The highest BCUT2D eigenvalue weighted by Crippen LogP contribution is 2.43. The SMILES string of the molecule is CCOc1cccc(N2C(=O)C(=O)/C(=C(/O)c3cccc(OCC(C)C)c3)C2c2ccc(Cl)cc2)c1. The number of nitrogens with zero attached hydrogens (tertiary/aromatic N) is 1. The van der Waals surface area contributed by atoms with E-state index in [0.717, 1.165) is 0 Å². The zero-order valence-corrected chi connectivity index (χ0v) is 21.2. The number of Topliss-reactive ketones (excluding diaryl/α,β-unsaturated/α-hetero) is 1. The highest BCUT2D eigenvalue weighted by atomic mass is 35.5. The number of aliphatic hydroxyl groups excluding tert-OH is 1. The van der Waals surface area contributed by atoms with E-state index in [1.54, 1.807) is 72.8 Å². The fourth-order valence-electron chi connectivity index (χ4n) is 4.10. The van der Waals surface area contributed by atoms with Crippen molar-refractivity contribution in [3.05, 3.63) is 94.5 Å². The van der Waals surface area contributed by atoms with Crippen LogP contribution in [0.25, 0.3) is 5.76 Å². The zero-order chi connectivity index (χ0) is 25.8. The Labute approximate surface area is 215 Å². The Kier molecular flexibility index (Phi) is 7.65. The van der Waals surface area contributed by atoms with E-state index in [-0.39, 0.29) is 11.3 Å². The van der Waals surface area contributed by atoms with Crippen molar-refractivity contribution in [2.75, 3.05) is 18.1 Å². The van der Waals surface area contributed by atoms with Crippen molar-refractivity contribution >= 4 is 34.7 Å². The van der Waals surface area contributed by atoms with Crippen LogP contribution in [0.4, 0.5) is 5.69 Å². The number of aliphatic hydroxyl groups is 1. The standard InChI is InChI=1S/C29H28ClNO5/c1-4-35-24-10-6-8-22(16-24)31-26(19-11-13-21(30)14-12-19)25(28(33)29(31)34)27(32)20-7-5-9-23(15-20)36-17-18(2)3/h5-16,18,26,32H,4,17H2,1-3H3/b27-25+. The third-order valence-electron chi connectivity index (χ3n) is 5.73. The molecule has 1 amide bonds. The first-order valence-electron chi connectivity index (χ1n) is 11.8. The summed E-state index contributed by atoms with van der Waals surface area (Å²) in [7, 11) is 0. The lowest BCUT2D eigenvalue weighted by Crippen LogP contribution is -2.29. The Morgan fingerprint density at radius 3 is 2.31 bits per heavy atom. The Bertz CT molecular complexity index is 1300. The van der Waals surface area contributed by atoms with E-state index >= 15 is 0 Å². The molecule has 0 saturated carbocycles. The van der Waals surface area contributed by atoms with Crippen LogP contribution in [0.15, 0.2) is 78.4 Å². The summed E-state index contributed by atoms with van der Waals surface area (Å²) in [4.78, 5) is 28.1. The van der Waals surface area contributed by atoms with Crippen molar-refractivity contribution in [3.8, 4) is 11.5 Å². The van der Waals surface area contributed by atoms with Crippen LogP contribution in [0.1, 0.15) is 37.9 Å². The molecule has 0 aliphatic carbocycles. The fraction of sp³-hybridized carbons (Fsp3) is 0.241. The Morgan fingerprint density at radius 2 is 1.64 bits per heavy atom. The summed E-state index contributed by atoms with van der Waals surface area (Å²) < 4.78 is 11.4. The van der Waals surface area contributed by atoms with Crippen LogP contribution < -0.4 is 14.4 Å². The predicted octanol–water partition coefficient (Wildman–Crippen LogP) is 6.40. The van der Waals surface area contributed by atoms with E-state index < -0.39 is 17.7 Å². The normalized spacial score (nSPS) is 17.0. The molecule has 1 fully saturated rings. The monoisotopic (exact) mass is 505 g/mol. The molecule has 36 heavy (non-hydrogen) atoms. The lowest BCUT2D eigenvalue weighted by Gasteiger charge is -2.26. The van der Waals surface area contributed by atoms with Gasteiger partial charge in [-0.3, -0.25) is 14.5 Å². The molecule has 186 valence electrons. The van der Waals surface area contributed by atoms with Crippen molar-refractivity contribution in [1.82, 2.24) is 0 Å². The third-order valence-corrected chi connectivity index (χ3v) is 5.98. The first kappa shape index (κ1) is 25.3. The van der Waals surface area contributed by atoms with E-state index in [1.165, 1.54) is 4.90 Å². The number of rotatable bonds is 8. The second kappa shape index (κ2) is 10.9. The summed E-state index contributed by atoms with van der Waals surface area (Å²) in [6, 6.07) is 19.9. The Balaban J connectivity index is 1.85. The summed E-state index contributed by atoms with van der Waals surface area (Å²) >= 11 is 6.11. The number of ether oxygens (including phenoxy) is 2. The number of amides is 1. The molecular formula is C29H28ClNO5. The summed E-state index contributed by atoms with van der Waals surface area (Å²) in [5.74, 6) is -0.326. The summed E-state index contributed by atoms with van der Waals surface area (Å²) in [6.07, 6.45) is 0. The number of carbonyl (C=O) groups excluding carboxylic acids is 2. The van der Waals surface area contributed by atoms with Gasteiger partial charge in [-0.05, 0) is 54.8 Å². The van der Waals surface area contributed by atoms with E-state index in [2.05, 4.69) is 0 Å². The number of hydrogen-bond acceptors (Lipinski definition) is 5. The van der Waals surface area contributed by atoms with Crippen LogP contribution in [-0.2, 0) is 9.59 Å². The van der Waals surface area contributed by atoms with Gasteiger partial charge in [-0.25, -0.2) is 0 Å². The van der Waals surface area contributed by atoms with Crippen LogP contribution in [-0.4, -0.2) is 30.0 Å². The minimum Gasteiger partial charge on any atom is -0.507 e. The van der Waals surface area contributed by atoms with E-state index in [4.69, 9.17) is 21.1 Å². The number of benzene rings is 3. The molecule has 0 aromatic heterocycles. The van der Waals surface area contributed by atoms with E-state index in [1.807, 2.05) is 20.8 Å². The number of hydrogen-bond donors (Lipinski definition) is 1. The molecule has 6 nitrogen and oxygen atoms in total. The quantitative estimate of drug-likeness (QED) is 0.218. The number of carbonyl (C=O) groups is 2. The second-order valence-electron chi connectivity index (χ2n) is 8.88. The maximum Gasteiger partial charge on any atom is 0.300 e. The fourth-order valence-corrected chi connectivity index (χ4v) is 4.23. The molecule has 0 spiro atoms. The van der Waals surface area contributed by atoms with Crippen LogP contribution in [0, 0.1) is 5.92 Å². The molecule has 1 unspecified atom stereocenters. The van der Waals surface area contributed by atoms with Gasteiger partial charge in [-0.15, -0.1) is 0 Å². The first-order valence-corrected chi connectivity index (χ1v) is 12.2. The number of halogens is 1. The maximum absolute atomic E-state index is 13.4. The molecule has 1 atom stereocenters. The molecule has 1 aliphatic rings. The molecular weight excluding hydrogens is 478 g/mol. The van der Waals surface area contributed by atoms with Gasteiger partial charge in [-0.2, -0.15) is 0 Å². The Morgan fingerprint density at radius 1 is 0.972 bits per heavy atom. The molecule has 0 radical (unpaired) electrons. The van der Waals surface area contributed by atoms with Gasteiger partial charge in [0.1, 0.15) is 17.3 Å². The molecule has 1 saturated heterocycles. The van der Waals surface area contributed by atoms with Crippen LogP contribution >= 0.6 is 11.6 Å². The third kappa shape index (κ3) is 5.24. The van der Waals surface area contributed by atoms with Crippen molar-refractivity contribution in [2.45, 2.75) is 26.8 Å². The lowest BCUT2D eigenvalue weighted by molar-refractivity contribution is -0.132. The van der Waals surface area contributed by atoms with Crippen molar-refractivity contribution in [1.29, 1.82) is 0 Å². The average Bonchev–Trinajstić information content (AvgIpc) is 3.13. The molecule has 4 rings (SSSR count). The van der Waals surface area contributed by atoms with Crippen molar-refractivity contribution in [3.63, 3.8) is 0 Å². The van der Waals surface area contributed by atoms with Gasteiger partial charge in [0.05, 0.1) is 24.8 Å². The summed E-state index contributed by atoms with van der Waals surface area (Å²) in [5, 5.41) is 11.9. The van der Waals surface area contributed by atoms with E-state index in [0.29, 0.717) is 52.5 Å². The van der Waals surface area contributed by atoms with Crippen LogP contribution in [0.5, 0.6) is 11.5 Å². The molecule has 1 heterocycles. The number of anilines is 1. The van der Waals surface area contributed by atoms with Gasteiger partial charge in [0.2, 0.25) is 0 Å². The maximum atomic E-state index is 13.4. The second-order valence-corrected chi connectivity index (χ2v) is 9.32. The van der Waals surface area contributed by atoms with Gasteiger partial charge in [-0.1, -0.05) is 55.8 Å². The van der Waals surface area contributed by atoms with Gasteiger partial charge in [0.15, 0.2) is 0 Å². The zero-order valence-electron chi connectivity index (χ0n) is 20.4. The van der Waals surface area contributed by atoms with Gasteiger partial charge in [0, 0.05) is 22.3 Å². The largest absolute Gasteiger partial charge is 0.507 e. The van der Waals surface area contributed by atoms with E-state index in [9.17, 15) is 14.7 Å². The smallest absolute Gasteiger partial charge is 0.300 e. The molecule has 3 aromatic rings. The minimum absolute atomic E-state index is 0.00913. The average molecular weight is 506 g/mol. The van der Waals surface area contributed by atoms with Crippen molar-refractivity contribution < 1.29 is 24.2 Å². The van der Waals surface area contributed by atoms with Crippen LogP contribution in [0.2, 0.25) is 5.02 Å². The first-order chi connectivity index (χ1) is 17.3. The van der Waals surface area contributed by atoms with Gasteiger partial charge >= 0.3 is 0 Å². The summed E-state index contributed by atoms with van der Waals surface area (Å²) in [6.45, 7) is 6.91. The summed E-state index contributed by atoms with van der Waals surface area (Å²) in [5.41, 5.74) is 1.49.